The number of hydrogen-bond donors (Lipinski definition) is 1. The van der Waals surface area contributed by atoms with Gasteiger partial charge in [-0.05, 0) is 48.4 Å². The molecule has 0 fully saturated rings. The number of nitrogens with one attached hydrogen (secondary N) is 1. The average molecular weight is 365 g/mol. The molecule has 138 valence electrons. The molecule has 0 amide bonds. The number of non-ortho nitro benzene ring substituents is 1. The van der Waals surface area contributed by atoms with Gasteiger partial charge in [0.2, 0.25) is 0 Å². The fraction of sp³-hybridized carbons (Fsp3) is 0.300. The van der Waals surface area contributed by atoms with Crippen molar-refractivity contribution in [1.82, 2.24) is 0 Å². The van der Waals surface area contributed by atoms with E-state index in [1.54, 1.807) is 18.2 Å². The van der Waals surface area contributed by atoms with E-state index in [9.17, 15) is 20.2 Å². The summed E-state index contributed by atoms with van der Waals surface area (Å²) in [7, 11) is 0. The predicted octanol–water partition coefficient (Wildman–Crippen LogP) is 4.95. The number of fused-ring (bicyclic) bond motifs is 3. The first-order chi connectivity index (χ1) is 12.9. The zero-order valence-corrected chi connectivity index (χ0v) is 15.0. The summed E-state index contributed by atoms with van der Waals surface area (Å²) in [4.78, 5) is 22.1. The minimum absolute atomic E-state index is 0.0252. The third-order valence-electron chi connectivity index (χ3n) is 5.79. The first-order valence-corrected chi connectivity index (χ1v) is 8.84. The summed E-state index contributed by atoms with van der Waals surface area (Å²) in [5.74, 6) is 0.226. The van der Waals surface area contributed by atoms with Gasteiger partial charge in [0.15, 0.2) is 0 Å². The molecule has 0 radical (unpaired) electrons. The van der Waals surface area contributed by atoms with Gasteiger partial charge < -0.3 is 5.32 Å². The summed E-state index contributed by atoms with van der Waals surface area (Å²) in [6.45, 7) is 3.89. The quantitative estimate of drug-likeness (QED) is 0.471. The summed E-state index contributed by atoms with van der Waals surface area (Å²) in [6, 6.07) is 7.91. The number of hydrogen-bond acceptors (Lipinski definition) is 5. The number of allylic oxidation sites excluding steroid dienone is 2. The van der Waals surface area contributed by atoms with Crippen LogP contribution in [0.2, 0.25) is 0 Å². The molecule has 1 aliphatic carbocycles. The Hall–Kier alpha value is -3.22. The molecule has 7 nitrogen and oxygen atoms in total. The highest BCUT2D eigenvalue weighted by atomic mass is 16.6. The second-order valence-corrected chi connectivity index (χ2v) is 7.21. The number of rotatable bonds is 3. The van der Waals surface area contributed by atoms with E-state index in [1.165, 1.54) is 6.07 Å². The van der Waals surface area contributed by atoms with Gasteiger partial charge in [-0.15, -0.1) is 0 Å². The Balaban J connectivity index is 1.89. The van der Waals surface area contributed by atoms with E-state index in [4.69, 9.17) is 0 Å². The third kappa shape index (κ3) is 2.66. The molecule has 1 heterocycles. The van der Waals surface area contributed by atoms with E-state index in [0.29, 0.717) is 5.69 Å². The van der Waals surface area contributed by atoms with Crippen molar-refractivity contribution < 1.29 is 9.85 Å². The Labute approximate surface area is 156 Å². The maximum atomic E-state index is 11.7. The van der Waals surface area contributed by atoms with Gasteiger partial charge in [0.05, 0.1) is 15.9 Å². The number of aryl methyl sites for hydroxylation is 1. The zero-order valence-electron chi connectivity index (χ0n) is 15.0. The molecule has 0 bridgehead atoms. The van der Waals surface area contributed by atoms with Crippen molar-refractivity contribution >= 4 is 17.1 Å². The Morgan fingerprint density at radius 3 is 2.59 bits per heavy atom. The molecule has 4 rings (SSSR count). The molecule has 0 aromatic heterocycles. The lowest BCUT2D eigenvalue weighted by Gasteiger charge is -2.38. The van der Waals surface area contributed by atoms with Crippen molar-refractivity contribution in [3.63, 3.8) is 0 Å². The van der Waals surface area contributed by atoms with Gasteiger partial charge in [0.1, 0.15) is 5.69 Å². The first-order valence-electron chi connectivity index (χ1n) is 8.84. The first kappa shape index (κ1) is 17.2. The van der Waals surface area contributed by atoms with Crippen LogP contribution in [-0.2, 0) is 0 Å². The van der Waals surface area contributed by atoms with Crippen LogP contribution < -0.4 is 5.32 Å². The average Bonchev–Trinajstić information content (AvgIpc) is 3.13. The summed E-state index contributed by atoms with van der Waals surface area (Å²) in [6.07, 6.45) is 5.04. The van der Waals surface area contributed by atoms with Gasteiger partial charge in [-0.25, -0.2) is 0 Å². The van der Waals surface area contributed by atoms with Crippen molar-refractivity contribution in [1.29, 1.82) is 0 Å². The molecule has 1 N–H and O–H groups in total. The van der Waals surface area contributed by atoms with E-state index in [2.05, 4.69) is 17.5 Å². The third-order valence-corrected chi connectivity index (χ3v) is 5.79. The number of nitro groups is 2. The molecule has 0 saturated heterocycles. The number of nitrogens with zero attached hydrogens (tertiary/aromatic N) is 2. The lowest BCUT2D eigenvalue weighted by atomic mass is 9.74. The minimum atomic E-state index is -0.416. The maximum Gasteiger partial charge on any atom is 0.292 e. The second kappa shape index (κ2) is 6.19. The van der Waals surface area contributed by atoms with Gasteiger partial charge in [-0.2, -0.15) is 0 Å². The highest BCUT2D eigenvalue weighted by Gasteiger charge is 2.42. The van der Waals surface area contributed by atoms with Crippen LogP contribution in [0.1, 0.15) is 40.6 Å². The number of benzene rings is 2. The second-order valence-electron chi connectivity index (χ2n) is 7.21. The van der Waals surface area contributed by atoms with E-state index in [1.807, 2.05) is 19.9 Å². The van der Waals surface area contributed by atoms with Crippen LogP contribution in [0.15, 0.2) is 42.5 Å². The van der Waals surface area contributed by atoms with Crippen LogP contribution in [0.25, 0.3) is 0 Å². The van der Waals surface area contributed by atoms with Crippen LogP contribution in [-0.4, -0.2) is 9.85 Å². The van der Waals surface area contributed by atoms with Crippen LogP contribution >= 0.6 is 0 Å². The fourth-order valence-corrected chi connectivity index (χ4v) is 4.39. The molecule has 7 heteroatoms. The molecule has 2 aromatic rings. The van der Waals surface area contributed by atoms with Gasteiger partial charge in [0.25, 0.3) is 11.4 Å². The molecular weight excluding hydrogens is 346 g/mol. The van der Waals surface area contributed by atoms with Gasteiger partial charge in [-0.1, -0.05) is 24.3 Å². The molecule has 0 unspecified atom stereocenters. The molecular formula is C20H19N3O4. The number of anilines is 1. The van der Waals surface area contributed by atoms with Crippen LogP contribution in [0.4, 0.5) is 17.1 Å². The summed E-state index contributed by atoms with van der Waals surface area (Å²) in [5, 5.41) is 26.2. The minimum Gasteiger partial charge on any atom is -0.372 e. The Morgan fingerprint density at radius 2 is 1.89 bits per heavy atom. The fourth-order valence-electron chi connectivity index (χ4n) is 4.39. The molecule has 1 aliphatic heterocycles. The van der Waals surface area contributed by atoms with E-state index in [0.717, 1.165) is 28.7 Å². The van der Waals surface area contributed by atoms with Crippen LogP contribution in [0.3, 0.4) is 0 Å². The lowest BCUT2D eigenvalue weighted by Crippen LogP contribution is -2.30. The molecule has 0 spiro atoms. The van der Waals surface area contributed by atoms with E-state index in [-0.39, 0.29) is 34.2 Å². The predicted molar refractivity (Wildman–Crippen MR) is 102 cm³/mol. The van der Waals surface area contributed by atoms with Crippen molar-refractivity contribution in [3.05, 3.63) is 85.0 Å². The Morgan fingerprint density at radius 1 is 1.11 bits per heavy atom. The van der Waals surface area contributed by atoms with Crippen molar-refractivity contribution in [2.24, 2.45) is 5.92 Å². The monoisotopic (exact) mass is 365 g/mol. The standard InChI is InChI=1S/C20H19N3O4/c1-11-9-17(23(26)27)20-18(12(11)2)15-7-4-8-16(15)19(21-20)13-5-3-6-14(10-13)22(24)25/h3-7,9-10,15-16,19,21H,8H2,1-2H3/t15-,16+,19-/m1/s1. The highest BCUT2D eigenvalue weighted by Crippen LogP contribution is 2.53. The SMILES string of the molecule is Cc1cc([N+](=O)[O-])c2c(c1C)[C@@H]1C=CC[C@@H]1[C@@H](c1cccc([N+](=O)[O-])c1)N2. The lowest BCUT2D eigenvalue weighted by molar-refractivity contribution is -0.384. The molecule has 3 atom stereocenters. The summed E-state index contributed by atoms with van der Waals surface area (Å²) >= 11 is 0. The van der Waals surface area contributed by atoms with Gasteiger partial charge in [0, 0.05) is 24.1 Å². The molecule has 2 aliphatic rings. The molecule has 27 heavy (non-hydrogen) atoms. The van der Waals surface area contributed by atoms with Crippen molar-refractivity contribution in [2.75, 3.05) is 5.32 Å². The van der Waals surface area contributed by atoms with Crippen molar-refractivity contribution in [2.45, 2.75) is 32.2 Å². The van der Waals surface area contributed by atoms with Crippen LogP contribution in [0.5, 0.6) is 0 Å². The topological polar surface area (TPSA) is 98.3 Å². The Bertz CT molecular complexity index is 999. The van der Waals surface area contributed by atoms with E-state index >= 15 is 0 Å². The Kier molecular flexibility index (Phi) is 3.95. The van der Waals surface area contributed by atoms with E-state index < -0.39 is 4.92 Å². The molecule has 2 aromatic carbocycles. The number of nitro benzene ring substituents is 2. The highest BCUT2D eigenvalue weighted by molar-refractivity contribution is 5.74. The van der Waals surface area contributed by atoms with Crippen LogP contribution in [0, 0.1) is 40.0 Å². The summed E-state index contributed by atoms with van der Waals surface area (Å²) < 4.78 is 0. The smallest absolute Gasteiger partial charge is 0.292 e. The normalized spacial score (nSPS) is 22.7. The van der Waals surface area contributed by atoms with Gasteiger partial charge in [-0.3, -0.25) is 20.2 Å². The molecule has 0 saturated carbocycles. The largest absolute Gasteiger partial charge is 0.372 e. The van der Waals surface area contributed by atoms with Crippen molar-refractivity contribution in [3.8, 4) is 0 Å². The summed E-state index contributed by atoms with van der Waals surface area (Å²) in [5.41, 5.74) is 4.33. The maximum absolute atomic E-state index is 11.7. The van der Waals surface area contributed by atoms with Gasteiger partial charge >= 0.3 is 0 Å². The zero-order chi connectivity index (χ0) is 19.3.